The van der Waals surface area contributed by atoms with Crippen LogP contribution in [0.3, 0.4) is 0 Å². The van der Waals surface area contributed by atoms with Crippen LogP contribution >= 0.6 is 11.8 Å². The number of anilines is 1. The minimum atomic E-state index is 0.569. The van der Waals surface area contributed by atoms with Crippen molar-refractivity contribution in [3.8, 4) is 11.5 Å². The lowest BCUT2D eigenvalue weighted by atomic mass is 10.2. The Hall–Kier alpha value is -1.07. The first-order chi connectivity index (χ1) is 8.74. The maximum atomic E-state index is 6.05. The van der Waals surface area contributed by atoms with Gasteiger partial charge in [0.15, 0.2) is 11.5 Å². The van der Waals surface area contributed by atoms with E-state index in [4.69, 9.17) is 19.9 Å². The molecule has 0 atom stereocenters. The lowest BCUT2D eigenvalue weighted by Gasteiger charge is -2.22. The average Bonchev–Trinajstić information content (AvgIpc) is 2.41. The quantitative estimate of drug-likeness (QED) is 0.851. The number of hydrogen-bond acceptors (Lipinski definition) is 5. The molecule has 4 nitrogen and oxygen atoms in total. The summed E-state index contributed by atoms with van der Waals surface area (Å²) in [6, 6.07) is 3.77. The molecule has 0 amide bonds. The first-order valence-electron chi connectivity index (χ1n) is 6.00. The number of thioether (sulfide) groups is 1. The monoisotopic (exact) mass is 269 g/mol. The van der Waals surface area contributed by atoms with Crippen molar-refractivity contribution in [2.75, 3.05) is 33.2 Å². The Bertz CT molecular complexity index is 405. The van der Waals surface area contributed by atoms with Crippen molar-refractivity contribution in [2.45, 2.75) is 23.0 Å². The van der Waals surface area contributed by atoms with E-state index in [1.807, 2.05) is 12.1 Å². The number of ether oxygens (including phenoxy) is 3. The van der Waals surface area contributed by atoms with E-state index in [0.29, 0.717) is 11.0 Å². The van der Waals surface area contributed by atoms with Crippen LogP contribution in [0.4, 0.5) is 5.69 Å². The standard InChI is InChI=1S/C13H19NO3S/c1-15-11-7-10(14)13(8-12(11)16-2)18-9-3-5-17-6-4-9/h7-9H,3-6,14H2,1-2H3. The van der Waals surface area contributed by atoms with Crippen LogP contribution in [0.15, 0.2) is 17.0 Å². The summed E-state index contributed by atoms with van der Waals surface area (Å²) in [5.74, 6) is 1.40. The van der Waals surface area contributed by atoms with Crippen molar-refractivity contribution in [3.63, 3.8) is 0 Å². The Morgan fingerprint density at radius 2 is 1.78 bits per heavy atom. The van der Waals surface area contributed by atoms with Crippen molar-refractivity contribution in [3.05, 3.63) is 12.1 Å². The molecule has 0 bridgehead atoms. The smallest absolute Gasteiger partial charge is 0.162 e. The predicted molar refractivity (Wildman–Crippen MR) is 73.7 cm³/mol. The fourth-order valence-electron chi connectivity index (χ4n) is 1.95. The van der Waals surface area contributed by atoms with E-state index in [-0.39, 0.29) is 0 Å². The Kier molecular flexibility index (Phi) is 4.60. The first kappa shape index (κ1) is 13.4. The van der Waals surface area contributed by atoms with E-state index in [9.17, 15) is 0 Å². The molecule has 0 spiro atoms. The minimum absolute atomic E-state index is 0.569. The molecule has 0 aromatic heterocycles. The van der Waals surface area contributed by atoms with Crippen molar-refractivity contribution >= 4 is 17.4 Å². The van der Waals surface area contributed by atoms with Crippen LogP contribution in [-0.2, 0) is 4.74 Å². The van der Waals surface area contributed by atoms with Gasteiger partial charge in [-0.25, -0.2) is 0 Å². The summed E-state index contributed by atoms with van der Waals surface area (Å²) in [5.41, 5.74) is 6.79. The molecule has 1 heterocycles. The second-order valence-electron chi connectivity index (χ2n) is 4.17. The zero-order valence-corrected chi connectivity index (χ0v) is 11.6. The second kappa shape index (κ2) is 6.20. The largest absolute Gasteiger partial charge is 0.493 e. The third-order valence-corrected chi connectivity index (χ3v) is 4.39. The number of nitrogen functional groups attached to an aromatic ring is 1. The van der Waals surface area contributed by atoms with Gasteiger partial charge < -0.3 is 19.9 Å². The number of hydrogen-bond donors (Lipinski definition) is 1. The number of nitrogens with two attached hydrogens (primary N) is 1. The van der Waals surface area contributed by atoms with Crippen LogP contribution in [0, 0.1) is 0 Å². The van der Waals surface area contributed by atoms with Gasteiger partial charge in [-0.05, 0) is 18.9 Å². The normalized spacial score (nSPS) is 16.6. The van der Waals surface area contributed by atoms with Crippen LogP contribution in [0.1, 0.15) is 12.8 Å². The SMILES string of the molecule is COc1cc(N)c(SC2CCOCC2)cc1OC. The molecule has 5 heteroatoms. The third-order valence-electron chi connectivity index (χ3n) is 2.98. The summed E-state index contributed by atoms with van der Waals surface area (Å²) in [6.45, 7) is 1.68. The van der Waals surface area contributed by atoms with E-state index in [1.165, 1.54) is 0 Å². The van der Waals surface area contributed by atoms with Gasteiger partial charge in [0.2, 0.25) is 0 Å². The maximum Gasteiger partial charge on any atom is 0.162 e. The number of rotatable bonds is 4. The highest BCUT2D eigenvalue weighted by Crippen LogP contribution is 2.40. The summed E-state index contributed by atoms with van der Waals surface area (Å²) in [6.07, 6.45) is 2.14. The third kappa shape index (κ3) is 3.03. The predicted octanol–water partition coefficient (Wildman–Crippen LogP) is 2.56. The summed E-state index contributed by atoms with van der Waals surface area (Å²) >= 11 is 1.80. The van der Waals surface area contributed by atoms with Gasteiger partial charge in [-0.1, -0.05) is 0 Å². The molecular weight excluding hydrogens is 250 g/mol. The molecule has 0 radical (unpaired) electrons. The highest BCUT2D eigenvalue weighted by Gasteiger charge is 2.18. The molecule has 2 rings (SSSR count). The molecule has 18 heavy (non-hydrogen) atoms. The Labute approximate surface area is 112 Å². The molecule has 1 aliphatic heterocycles. The van der Waals surface area contributed by atoms with E-state index in [1.54, 1.807) is 26.0 Å². The molecule has 1 aromatic rings. The summed E-state index contributed by atoms with van der Waals surface area (Å²) < 4.78 is 15.9. The zero-order chi connectivity index (χ0) is 13.0. The van der Waals surface area contributed by atoms with Gasteiger partial charge >= 0.3 is 0 Å². The highest BCUT2D eigenvalue weighted by atomic mass is 32.2. The van der Waals surface area contributed by atoms with Gasteiger partial charge in [-0.15, -0.1) is 11.8 Å². The van der Waals surface area contributed by atoms with Gasteiger partial charge in [0, 0.05) is 35.1 Å². The van der Waals surface area contributed by atoms with Crippen LogP contribution < -0.4 is 15.2 Å². The Morgan fingerprint density at radius 3 is 2.39 bits per heavy atom. The number of benzene rings is 1. The molecule has 1 saturated heterocycles. The highest BCUT2D eigenvalue weighted by molar-refractivity contribution is 8.00. The van der Waals surface area contributed by atoms with E-state index < -0.39 is 0 Å². The molecule has 0 unspecified atom stereocenters. The Morgan fingerprint density at radius 1 is 1.17 bits per heavy atom. The minimum Gasteiger partial charge on any atom is -0.493 e. The van der Waals surface area contributed by atoms with Crippen LogP contribution in [0.5, 0.6) is 11.5 Å². The summed E-state index contributed by atoms with van der Waals surface area (Å²) in [7, 11) is 3.25. The lowest BCUT2D eigenvalue weighted by Crippen LogP contribution is -2.17. The van der Waals surface area contributed by atoms with Crippen molar-refractivity contribution in [1.29, 1.82) is 0 Å². The number of methoxy groups -OCH3 is 2. The van der Waals surface area contributed by atoms with Crippen molar-refractivity contribution in [2.24, 2.45) is 0 Å². The van der Waals surface area contributed by atoms with Crippen LogP contribution in [0.25, 0.3) is 0 Å². The molecule has 100 valence electrons. The van der Waals surface area contributed by atoms with Crippen LogP contribution in [0.2, 0.25) is 0 Å². The van der Waals surface area contributed by atoms with Gasteiger partial charge in [-0.3, -0.25) is 0 Å². The fraction of sp³-hybridized carbons (Fsp3) is 0.538. The fourth-order valence-corrected chi connectivity index (χ4v) is 3.11. The van der Waals surface area contributed by atoms with Crippen molar-refractivity contribution in [1.82, 2.24) is 0 Å². The van der Waals surface area contributed by atoms with Crippen LogP contribution in [-0.4, -0.2) is 32.7 Å². The van der Waals surface area contributed by atoms with E-state index in [2.05, 4.69) is 0 Å². The van der Waals surface area contributed by atoms with Gasteiger partial charge in [0.25, 0.3) is 0 Å². The second-order valence-corrected chi connectivity index (χ2v) is 5.52. The van der Waals surface area contributed by atoms with E-state index in [0.717, 1.165) is 42.4 Å². The van der Waals surface area contributed by atoms with Crippen molar-refractivity contribution < 1.29 is 14.2 Å². The molecule has 1 fully saturated rings. The first-order valence-corrected chi connectivity index (χ1v) is 6.88. The topological polar surface area (TPSA) is 53.7 Å². The van der Waals surface area contributed by atoms with Gasteiger partial charge in [-0.2, -0.15) is 0 Å². The van der Waals surface area contributed by atoms with E-state index >= 15 is 0 Å². The molecule has 1 aliphatic rings. The molecule has 2 N–H and O–H groups in total. The summed E-state index contributed by atoms with van der Waals surface area (Å²) in [4.78, 5) is 1.06. The Balaban J connectivity index is 2.16. The van der Waals surface area contributed by atoms with Gasteiger partial charge in [0.05, 0.1) is 14.2 Å². The summed E-state index contributed by atoms with van der Waals surface area (Å²) in [5, 5.41) is 0.569. The average molecular weight is 269 g/mol. The molecule has 0 aliphatic carbocycles. The molecule has 0 saturated carbocycles. The molecule has 1 aromatic carbocycles. The lowest BCUT2D eigenvalue weighted by molar-refractivity contribution is 0.100. The van der Waals surface area contributed by atoms with Gasteiger partial charge in [0.1, 0.15) is 0 Å². The molecular formula is C13H19NO3S. The maximum absolute atomic E-state index is 6.05. The zero-order valence-electron chi connectivity index (χ0n) is 10.8.